The first kappa shape index (κ1) is 16.8. The second-order valence-electron chi connectivity index (χ2n) is 7.65. The third kappa shape index (κ3) is 4.43. The lowest BCUT2D eigenvalue weighted by Gasteiger charge is -2.36. The van der Waals surface area contributed by atoms with E-state index in [1.807, 2.05) is 11.3 Å². The average molecular weight is 310 g/mol. The number of rotatable bonds is 5. The van der Waals surface area contributed by atoms with Crippen molar-refractivity contribution in [3.63, 3.8) is 0 Å². The summed E-state index contributed by atoms with van der Waals surface area (Å²) < 4.78 is 0. The van der Waals surface area contributed by atoms with Gasteiger partial charge in [-0.2, -0.15) is 0 Å². The molecule has 0 aromatic carbocycles. The van der Waals surface area contributed by atoms with E-state index in [1.165, 1.54) is 28.5 Å². The number of piperidine rings is 1. The minimum absolute atomic E-state index is 0.497. The predicted octanol–water partition coefficient (Wildman–Crippen LogP) is 4.39. The fourth-order valence-corrected chi connectivity index (χ4v) is 3.88. The number of nitrogens with zero attached hydrogens (tertiary/aromatic N) is 2. The van der Waals surface area contributed by atoms with Gasteiger partial charge in [0.2, 0.25) is 0 Å². The smallest absolute Gasteiger partial charge is 0.185 e. The molecule has 0 bridgehead atoms. The zero-order chi connectivity index (χ0) is 15.6. The minimum Gasteiger partial charge on any atom is -0.348 e. The normalized spacial score (nSPS) is 18.8. The second-order valence-corrected chi connectivity index (χ2v) is 8.71. The summed E-state index contributed by atoms with van der Waals surface area (Å²) >= 11 is 1.89. The Kier molecular flexibility index (Phi) is 5.31. The molecule has 1 aromatic heterocycles. The zero-order valence-corrected chi connectivity index (χ0v) is 15.3. The Morgan fingerprint density at radius 1 is 1.19 bits per heavy atom. The first-order valence-electron chi connectivity index (χ1n) is 8.26. The Balaban J connectivity index is 2.12. The van der Waals surface area contributed by atoms with Crippen molar-refractivity contribution in [3.05, 3.63) is 10.6 Å². The van der Waals surface area contributed by atoms with Crippen molar-refractivity contribution in [2.75, 3.05) is 18.0 Å². The van der Waals surface area contributed by atoms with E-state index in [-0.39, 0.29) is 0 Å². The van der Waals surface area contributed by atoms with Gasteiger partial charge in [-0.15, -0.1) is 11.3 Å². The lowest BCUT2D eigenvalue weighted by atomic mass is 9.83. The number of aromatic nitrogens is 1. The molecular weight excluding hydrogens is 278 g/mol. The van der Waals surface area contributed by atoms with Crippen LogP contribution in [0.1, 0.15) is 70.9 Å². The first-order chi connectivity index (χ1) is 9.78. The summed E-state index contributed by atoms with van der Waals surface area (Å²) in [4.78, 5) is 8.87. The highest BCUT2D eigenvalue weighted by Crippen LogP contribution is 2.36. The van der Waals surface area contributed by atoms with E-state index in [0.29, 0.717) is 17.4 Å². The van der Waals surface area contributed by atoms with Crippen LogP contribution in [0.4, 0.5) is 5.13 Å². The molecule has 21 heavy (non-hydrogen) atoms. The van der Waals surface area contributed by atoms with E-state index in [1.54, 1.807) is 0 Å². The lowest BCUT2D eigenvalue weighted by Crippen LogP contribution is -2.37. The van der Waals surface area contributed by atoms with Crippen molar-refractivity contribution in [3.8, 4) is 0 Å². The molecule has 3 nitrogen and oxygen atoms in total. The number of hydrogen-bond acceptors (Lipinski definition) is 4. The standard InChI is InChI=1S/C17H31N3S/c1-12(2)15-14(11-18-13(3)4)21-16(19-15)20-9-7-17(5,6)8-10-20/h12-13,18H,7-11H2,1-6H3. The quantitative estimate of drug-likeness (QED) is 0.874. The third-order valence-electron chi connectivity index (χ3n) is 4.32. The van der Waals surface area contributed by atoms with Crippen LogP contribution in [0.5, 0.6) is 0 Å². The van der Waals surface area contributed by atoms with Crippen LogP contribution in [0.2, 0.25) is 0 Å². The van der Waals surface area contributed by atoms with Gasteiger partial charge in [0, 0.05) is 30.6 Å². The largest absolute Gasteiger partial charge is 0.348 e. The number of anilines is 1. The lowest BCUT2D eigenvalue weighted by molar-refractivity contribution is 0.279. The molecule has 1 saturated heterocycles. The maximum atomic E-state index is 4.96. The van der Waals surface area contributed by atoms with Crippen molar-refractivity contribution in [2.24, 2.45) is 5.41 Å². The highest BCUT2D eigenvalue weighted by molar-refractivity contribution is 7.15. The van der Waals surface area contributed by atoms with Crippen molar-refractivity contribution < 1.29 is 0 Å². The Morgan fingerprint density at radius 3 is 2.33 bits per heavy atom. The van der Waals surface area contributed by atoms with E-state index in [9.17, 15) is 0 Å². The number of thiazole rings is 1. The van der Waals surface area contributed by atoms with Gasteiger partial charge >= 0.3 is 0 Å². The van der Waals surface area contributed by atoms with Gasteiger partial charge in [-0.3, -0.25) is 0 Å². The van der Waals surface area contributed by atoms with Crippen LogP contribution in [0, 0.1) is 5.41 Å². The molecule has 1 N–H and O–H groups in total. The van der Waals surface area contributed by atoms with E-state index in [4.69, 9.17) is 4.98 Å². The van der Waals surface area contributed by atoms with Gasteiger partial charge in [-0.1, -0.05) is 41.5 Å². The zero-order valence-electron chi connectivity index (χ0n) is 14.5. The van der Waals surface area contributed by atoms with E-state index >= 15 is 0 Å². The van der Waals surface area contributed by atoms with Gasteiger partial charge in [0.1, 0.15) is 0 Å². The summed E-state index contributed by atoms with van der Waals surface area (Å²) in [6.45, 7) is 16.9. The molecule has 0 unspecified atom stereocenters. The van der Waals surface area contributed by atoms with Gasteiger partial charge < -0.3 is 10.2 Å². The van der Waals surface area contributed by atoms with Gasteiger partial charge in [0.05, 0.1) is 5.69 Å². The molecule has 0 aliphatic carbocycles. The van der Waals surface area contributed by atoms with Gasteiger partial charge in [-0.25, -0.2) is 4.98 Å². The van der Waals surface area contributed by atoms with Gasteiger partial charge in [0.25, 0.3) is 0 Å². The van der Waals surface area contributed by atoms with Crippen LogP contribution < -0.4 is 10.2 Å². The molecule has 2 rings (SSSR count). The van der Waals surface area contributed by atoms with Crippen molar-refractivity contribution >= 4 is 16.5 Å². The molecule has 0 amide bonds. The first-order valence-corrected chi connectivity index (χ1v) is 9.08. The third-order valence-corrected chi connectivity index (χ3v) is 5.45. The summed E-state index contributed by atoms with van der Waals surface area (Å²) in [5.41, 5.74) is 1.78. The minimum atomic E-state index is 0.497. The van der Waals surface area contributed by atoms with Crippen LogP contribution in [-0.4, -0.2) is 24.1 Å². The van der Waals surface area contributed by atoms with Gasteiger partial charge in [-0.05, 0) is 24.2 Å². The Morgan fingerprint density at radius 2 is 1.81 bits per heavy atom. The molecule has 1 aromatic rings. The van der Waals surface area contributed by atoms with Crippen LogP contribution in [0.25, 0.3) is 0 Å². The number of nitrogens with one attached hydrogen (secondary N) is 1. The Bertz CT molecular complexity index is 453. The van der Waals surface area contributed by atoms with Crippen LogP contribution >= 0.6 is 11.3 Å². The molecule has 1 aliphatic rings. The highest BCUT2D eigenvalue weighted by atomic mass is 32.1. The van der Waals surface area contributed by atoms with Crippen LogP contribution in [-0.2, 0) is 6.54 Å². The molecule has 0 spiro atoms. The van der Waals surface area contributed by atoms with Crippen molar-refractivity contribution in [2.45, 2.75) is 72.9 Å². The predicted molar refractivity (Wildman–Crippen MR) is 93.4 cm³/mol. The summed E-state index contributed by atoms with van der Waals surface area (Å²) in [6.07, 6.45) is 2.53. The molecule has 1 aliphatic heterocycles. The van der Waals surface area contributed by atoms with E-state index < -0.39 is 0 Å². The van der Waals surface area contributed by atoms with Crippen LogP contribution in [0.3, 0.4) is 0 Å². The van der Waals surface area contributed by atoms with Gasteiger partial charge in [0.15, 0.2) is 5.13 Å². The molecule has 0 radical (unpaired) electrons. The fourth-order valence-electron chi connectivity index (χ4n) is 2.66. The fraction of sp³-hybridized carbons (Fsp3) is 0.824. The summed E-state index contributed by atoms with van der Waals surface area (Å²) in [7, 11) is 0. The van der Waals surface area contributed by atoms with Crippen LogP contribution in [0.15, 0.2) is 0 Å². The van der Waals surface area contributed by atoms with Crippen molar-refractivity contribution in [1.29, 1.82) is 0 Å². The van der Waals surface area contributed by atoms with Crippen molar-refractivity contribution in [1.82, 2.24) is 10.3 Å². The van der Waals surface area contributed by atoms with E-state index in [0.717, 1.165) is 19.6 Å². The molecule has 0 saturated carbocycles. The molecular formula is C17H31N3S. The second kappa shape index (κ2) is 6.66. The number of hydrogen-bond donors (Lipinski definition) is 1. The summed E-state index contributed by atoms with van der Waals surface area (Å²) in [5, 5.41) is 4.77. The molecule has 4 heteroatoms. The monoisotopic (exact) mass is 309 g/mol. The average Bonchev–Trinajstić information content (AvgIpc) is 2.80. The Labute approximate surface area is 134 Å². The molecule has 2 heterocycles. The highest BCUT2D eigenvalue weighted by Gasteiger charge is 2.27. The summed E-state index contributed by atoms with van der Waals surface area (Å²) in [5.74, 6) is 0.500. The topological polar surface area (TPSA) is 28.2 Å². The maximum Gasteiger partial charge on any atom is 0.185 e. The maximum absolute atomic E-state index is 4.96. The molecule has 1 fully saturated rings. The molecule has 120 valence electrons. The molecule has 0 atom stereocenters. The SMILES string of the molecule is CC(C)NCc1sc(N2CCC(C)(C)CC2)nc1C(C)C. The summed E-state index contributed by atoms with van der Waals surface area (Å²) in [6, 6.07) is 0.520. The Hall–Kier alpha value is -0.610. The van der Waals surface area contributed by atoms with E-state index in [2.05, 4.69) is 51.8 Å².